The predicted molar refractivity (Wildman–Crippen MR) is 61.0 cm³/mol. The van der Waals surface area contributed by atoms with Crippen molar-refractivity contribution in [2.75, 3.05) is 11.9 Å². The minimum atomic E-state index is -0.390. The predicted octanol–water partition coefficient (Wildman–Crippen LogP) is 2.01. The van der Waals surface area contributed by atoms with Crippen molar-refractivity contribution in [3.8, 4) is 0 Å². The van der Waals surface area contributed by atoms with Crippen LogP contribution < -0.4 is 10.6 Å². The molecule has 1 aliphatic rings. The molecule has 1 amide bonds. The summed E-state index contributed by atoms with van der Waals surface area (Å²) in [7, 11) is 0. The average Bonchev–Trinajstić information content (AvgIpc) is 2.39. The van der Waals surface area contributed by atoms with Crippen LogP contribution in [-0.2, 0) is 0 Å². The molecule has 1 aromatic rings. The number of hydrogen-bond donors (Lipinski definition) is 2. The Morgan fingerprint density at radius 3 is 2.88 bits per heavy atom. The van der Waals surface area contributed by atoms with Gasteiger partial charge in [-0.3, -0.25) is 4.79 Å². The summed E-state index contributed by atoms with van der Waals surface area (Å²) in [6.45, 7) is 4.76. The number of carbonyl (C=O) groups is 1. The second-order valence-electron chi connectivity index (χ2n) is 4.39. The van der Waals surface area contributed by atoms with Crippen molar-refractivity contribution >= 4 is 11.6 Å². The monoisotopic (exact) mass is 222 g/mol. The highest BCUT2D eigenvalue weighted by Gasteiger charge is 2.23. The maximum Gasteiger partial charge on any atom is 0.253 e. The van der Waals surface area contributed by atoms with Crippen molar-refractivity contribution in [2.24, 2.45) is 5.92 Å². The van der Waals surface area contributed by atoms with Gasteiger partial charge in [0.05, 0.1) is 5.56 Å². The van der Waals surface area contributed by atoms with Gasteiger partial charge in [0.15, 0.2) is 0 Å². The van der Waals surface area contributed by atoms with E-state index in [2.05, 4.69) is 10.6 Å². The third kappa shape index (κ3) is 2.01. The van der Waals surface area contributed by atoms with Gasteiger partial charge in [-0.2, -0.15) is 0 Å². The molecule has 1 atom stereocenters. The molecule has 1 aromatic carbocycles. The van der Waals surface area contributed by atoms with Gasteiger partial charge in [-0.1, -0.05) is 13.8 Å². The highest BCUT2D eigenvalue weighted by molar-refractivity contribution is 6.00. The van der Waals surface area contributed by atoms with E-state index >= 15 is 0 Å². The summed E-state index contributed by atoms with van der Waals surface area (Å²) in [4.78, 5) is 11.9. The fraction of sp³-hybridized carbons (Fsp3) is 0.417. The maximum atomic E-state index is 13.0. The van der Waals surface area contributed by atoms with Crippen LogP contribution in [0, 0.1) is 11.7 Å². The molecular formula is C12H15FN2O. The van der Waals surface area contributed by atoms with E-state index < -0.39 is 5.82 Å². The Kier molecular flexibility index (Phi) is 2.81. The van der Waals surface area contributed by atoms with Crippen molar-refractivity contribution in [1.29, 1.82) is 0 Å². The van der Waals surface area contributed by atoms with E-state index in [-0.39, 0.29) is 11.9 Å². The third-order valence-corrected chi connectivity index (χ3v) is 2.86. The summed E-state index contributed by atoms with van der Waals surface area (Å²) in [5.74, 6) is -0.257. The molecule has 0 fully saturated rings. The Hall–Kier alpha value is -1.58. The summed E-state index contributed by atoms with van der Waals surface area (Å²) in [6, 6.07) is 4.30. The SMILES string of the molecule is CC(C)C1CNc2ccc(F)cc2C(=O)N1. The van der Waals surface area contributed by atoms with Crippen LogP contribution in [0.3, 0.4) is 0 Å². The number of amides is 1. The number of benzene rings is 1. The van der Waals surface area contributed by atoms with Gasteiger partial charge in [0.2, 0.25) is 0 Å². The van der Waals surface area contributed by atoms with Gasteiger partial charge in [0, 0.05) is 18.3 Å². The quantitative estimate of drug-likeness (QED) is 0.763. The lowest BCUT2D eigenvalue weighted by molar-refractivity contribution is 0.0932. The molecule has 2 rings (SSSR count). The van der Waals surface area contributed by atoms with Gasteiger partial charge in [-0.25, -0.2) is 4.39 Å². The van der Waals surface area contributed by atoms with Crippen LogP contribution in [0.5, 0.6) is 0 Å². The molecule has 0 radical (unpaired) electrons. The Labute approximate surface area is 94.0 Å². The van der Waals surface area contributed by atoms with E-state index in [9.17, 15) is 9.18 Å². The first-order valence-electron chi connectivity index (χ1n) is 5.42. The van der Waals surface area contributed by atoms with Gasteiger partial charge in [-0.05, 0) is 24.1 Å². The Morgan fingerprint density at radius 2 is 2.19 bits per heavy atom. The summed E-state index contributed by atoms with van der Waals surface area (Å²) in [5.41, 5.74) is 1.07. The highest BCUT2D eigenvalue weighted by atomic mass is 19.1. The van der Waals surface area contributed by atoms with Gasteiger partial charge in [0.25, 0.3) is 5.91 Å². The van der Waals surface area contributed by atoms with Crippen molar-refractivity contribution in [2.45, 2.75) is 19.9 Å². The highest BCUT2D eigenvalue weighted by Crippen LogP contribution is 2.20. The number of hydrogen-bond acceptors (Lipinski definition) is 2. The van der Waals surface area contributed by atoms with E-state index in [1.807, 2.05) is 13.8 Å². The van der Waals surface area contributed by atoms with Gasteiger partial charge in [-0.15, -0.1) is 0 Å². The van der Waals surface area contributed by atoms with E-state index in [1.54, 1.807) is 6.07 Å². The maximum absolute atomic E-state index is 13.0. The normalized spacial score (nSPS) is 19.8. The number of halogens is 1. The van der Waals surface area contributed by atoms with Gasteiger partial charge < -0.3 is 10.6 Å². The molecule has 0 spiro atoms. The van der Waals surface area contributed by atoms with Crippen LogP contribution >= 0.6 is 0 Å². The molecule has 0 aromatic heterocycles. The smallest absolute Gasteiger partial charge is 0.253 e. The van der Waals surface area contributed by atoms with Crippen LogP contribution in [0.1, 0.15) is 24.2 Å². The second kappa shape index (κ2) is 4.12. The lowest BCUT2D eigenvalue weighted by atomic mass is 10.0. The van der Waals surface area contributed by atoms with Crippen molar-refractivity contribution in [1.82, 2.24) is 5.32 Å². The standard InChI is InChI=1S/C12H15FN2O/c1-7(2)11-6-14-10-4-3-8(13)5-9(10)12(16)15-11/h3-5,7,11,14H,6H2,1-2H3,(H,15,16). The van der Waals surface area contributed by atoms with Crippen molar-refractivity contribution in [3.63, 3.8) is 0 Å². The largest absolute Gasteiger partial charge is 0.382 e. The summed E-state index contributed by atoms with van der Waals surface area (Å²) in [6.07, 6.45) is 0. The molecule has 3 nitrogen and oxygen atoms in total. The number of carbonyl (C=O) groups excluding carboxylic acids is 1. The third-order valence-electron chi connectivity index (χ3n) is 2.86. The fourth-order valence-corrected chi connectivity index (χ4v) is 1.78. The van der Waals surface area contributed by atoms with Gasteiger partial charge in [0.1, 0.15) is 5.82 Å². The second-order valence-corrected chi connectivity index (χ2v) is 4.39. The van der Waals surface area contributed by atoms with Crippen LogP contribution in [0.15, 0.2) is 18.2 Å². The molecule has 1 aliphatic heterocycles. The zero-order valence-electron chi connectivity index (χ0n) is 9.38. The van der Waals surface area contributed by atoms with Crippen LogP contribution in [0.4, 0.5) is 10.1 Å². The zero-order valence-corrected chi connectivity index (χ0v) is 9.38. The Bertz CT molecular complexity index is 417. The molecule has 0 bridgehead atoms. The van der Waals surface area contributed by atoms with Crippen molar-refractivity contribution < 1.29 is 9.18 Å². The minimum Gasteiger partial charge on any atom is -0.382 e. The molecule has 4 heteroatoms. The lowest BCUT2D eigenvalue weighted by Gasteiger charge is -2.19. The summed E-state index contributed by atoms with van der Waals surface area (Å²) >= 11 is 0. The molecule has 2 N–H and O–H groups in total. The lowest BCUT2D eigenvalue weighted by Crippen LogP contribution is -2.40. The first-order valence-corrected chi connectivity index (χ1v) is 5.42. The van der Waals surface area contributed by atoms with E-state index in [1.165, 1.54) is 12.1 Å². The molecule has 86 valence electrons. The number of fused-ring (bicyclic) bond motifs is 1. The number of rotatable bonds is 1. The molecule has 16 heavy (non-hydrogen) atoms. The number of nitrogens with one attached hydrogen (secondary N) is 2. The van der Waals surface area contributed by atoms with Crippen LogP contribution in [0.2, 0.25) is 0 Å². The summed E-state index contributed by atoms with van der Waals surface area (Å²) < 4.78 is 13.0. The van der Waals surface area contributed by atoms with Crippen LogP contribution in [0.25, 0.3) is 0 Å². The number of anilines is 1. The molecule has 0 saturated carbocycles. The fourth-order valence-electron chi connectivity index (χ4n) is 1.78. The molecule has 1 unspecified atom stereocenters. The van der Waals surface area contributed by atoms with E-state index in [4.69, 9.17) is 0 Å². The van der Waals surface area contributed by atoms with Gasteiger partial charge >= 0.3 is 0 Å². The summed E-state index contributed by atoms with van der Waals surface area (Å²) in [5, 5.41) is 6.06. The first kappa shape index (κ1) is 10.9. The molecule has 0 aliphatic carbocycles. The molecule has 1 heterocycles. The Balaban J connectivity index is 2.32. The molecular weight excluding hydrogens is 207 g/mol. The Morgan fingerprint density at radius 1 is 1.44 bits per heavy atom. The zero-order chi connectivity index (χ0) is 11.7. The first-order chi connectivity index (χ1) is 7.58. The topological polar surface area (TPSA) is 41.1 Å². The average molecular weight is 222 g/mol. The van der Waals surface area contributed by atoms with E-state index in [0.717, 1.165) is 0 Å². The molecule has 0 saturated heterocycles. The van der Waals surface area contributed by atoms with Crippen LogP contribution in [-0.4, -0.2) is 18.5 Å². The minimum absolute atomic E-state index is 0.0722. The van der Waals surface area contributed by atoms with Crippen molar-refractivity contribution in [3.05, 3.63) is 29.6 Å². The van der Waals surface area contributed by atoms with E-state index in [0.29, 0.717) is 23.7 Å².